The Morgan fingerprint density at radius 1 is 0.667 bits per heavy atom. The Morgan fingerprint density at radius 3 is 1.96 bits per heavy atom. The molecule has 0 aliphatic rings. The summed E-state index contributed by atoms with van der Waals surface area (Å²) >= 11 is 0. The van der Waals surface area contributed by atoms with E-state index in [1.54, 1.807) is 4.90 Å². The fourth-order valence-corrected chi connectivity index (χ4v) is 6.29. The van der Waals surface area contributed by atoms with E-state index in [1.165, 1.54) is 0 Å². The molecule has 6 aromatic carbocycles. The number of pyridine rings is 1. The normalized spacial score (nSPS) is 12.0. The van der Waals surface area contributed by atoms with Crippen molar-refractivity contribution >= 4 is 27.6 Å². The van der Waals surface area contributed by atoms with Crippen molar-refractivity contribution in [3.05, 3.63) is 186 Å². The lowest BCUT2D eigenvalue weighted by molar-refractivity contribution is -0.00770. The van der Waals surface area contributed by atoms with Crippen molar-refractivity contribution in [3.8, 4) is 11.3 Å². The van der Waals surface area contributed by atoms with E-state index in [2.05, 4.69) is 18.2 Å². The summed E-state index contributed by atoms with van der Waals surface area (Å²) in [7, 11) is 0. The first kappa shape index (κ1) is 31.0. The van der Waals surface area contributed by atoms with Crippen molar-refractivity contribution in [3.63, 3.8) is 0 Å². The molecule has 1 N–H and O–H groups in total. The van der Waals surface area contributed by atoms with Gasteiger partial charge in [0.15, 0.2) is 0 Å². The zero-order valence-electron chi connectivity index (χ0n) is 26.5. The number of aliphatic hydroxyl groups excluding tert-OH is 1. The summed E-state index contributed by atoms with van der Waals surface area (Å²) in [6, 6.07) is 53.8. The highest BCUT2D eigenvalue weighted by Crippen LogP contribution is 2.32. The van der Waals surface area contributed by atoms with Gasteiger partial charge in [-0.25, -0.2) is 4.98 Å². The Morgan fingerprint density at radius 2 is 1.25 bits per heavy atom. The molecule has 7 rings (SSSR count). The molecule has 48 heavy (non-hydrogen) atoms. The summed E-state index contributed by atoms with van der Waals surface area (Å²) in [4.78, 5) is 21.4. The number of benzene rings is 6. The molecule has 1 amide bonds. The van der Waals surface area contributed by atoms with Crippen LogP contribution in [0.2, 0.25) is 0 Å². The summed E-state index contributed by atoms with van der Waals surface area (Å²) < 4.78 is 6.40. The maximum Gasteiger partial charge on any atom is 0.255 e. The van der Waals surface area contributed by atoms with Crippen LogP contribution in [0.4, 0.5) is 0 Å². The molecule has 0 spiro atoms. The molecule has 5 heteroatoms. The summed E-state index contributed by atoms with van der Waals surface area (Å²) in [5.74, 6) is -0.180. The second-order valence-electron chi connectivity index (χ2n) is 12.0. The highest BCUT2D eigenvalue weighted by Gasteiger charge is 2.24. The minimum absolute atomic E-state index is 0.0470. The molecule has 0 radical (unpaired) electrons. The zero-order valence-corrected chi connectivity index (χ0v) is 26.5. The van der Waals surface area contributed by atoms with Crippen molar-refractivity contribution in [2.75, 3.05) is 13.2 Å². The van der Waals surface area contributed by atoms with Crippen LogP contribution in [0, 0.1) is 0 Å². The molecule has 0 fully saturated rings. The second kappa shape index (κ2) is 14.4. The van der Waals surface area contributed by atoms with Crippen LogP contribution in [-0.4, -0.2) is 40.2 Å². The Labute approximate surface area is 280 Å². The van der Waals surface area contributed by atoms with E-state index >= 15 is 0 Å². The van der Waals surface area contributed by atoms with E-state index in [9.17, 15) is 9.90 Å². The number of carbonyl (C=O) groups excluding carboxylic acids is 1. The predicted octanol–water partition coefficient (Wildman–Crippen LogP) is 8.86. The van der Waals surface area contributed by atoms with Crippen molar-refractivity contribution < 1.29 is 14.6 Å². The molecular weight excluding hydrogens is 592 g/mol. The molecule has 0 bridgehead atoms. The minimum atomic E-state index is -0.932. The number of amides is 1. The first-order valence-corrected chi connectivity index (χ1v) is 16.2. The van der Waals surface area contributed by atoms with Gasteiger partial charge in [0.25, 0.3) is 5.91 Å². The summed E-state index contributed by atoms with van der Waals surface area (Å²) in [6.45, 7) is 0.466. The fraction of sp³-hybridized carbons (Fsp3) is 0.116. The standard InChI is InChI=1S/C43H36N2O3/c46-35(30-48-42(33-18-6-2-7-19-33)34-20-8-3-9-21-34)29-45(28-31-15-4-1-5-16-31)43(47)39-27-41(44-40-26-13-12-24-38(39)40)37-25-14-22-32-17-10-11-23-36(32)37/h1-27,35,42,46H,28-30H2/t35-/m1/s1. The number of hydrogen-bond acceptors (Lipinski definition) is 4. The lowest BCUT2D eigenvalue weighted by Crippen LogP contribution is -2.39. The summed E-state index contributed by atoms with van der Waals surface area (Å²) in [5.41, 5.74) is 5.94. The molecule has 0 saturated heterocycles. The number of nitrogens with zero attached hydrogens (tertiary/aromatic N) is 2. The molecule has 0 saturated carbocycles. The van der Waals surface area contributed by atoms with Gasteiger partial charge in [0, 0.05) is 24.0 Å². The van der Waals surface area contributed by atoms with Gasteiger partial charge in [-0.3, -0.25) is 4.79 Å². The van der Waals surface area contributed by atoms with Gasteiger partial charge >= 0.3 is 0 Å². The Hall–Kier alpha value is -5.62. The van der Waals surface area contributed by atoms with E-state index in [4.69, 9.17) is 9.72 Å². The van der Waals surface area contributed by atoms with Crippen LogP contribution < -0.4 is 0 Å². The predicted molar refractivity (Wildman–Crippen MR) is 193 cm³/mol. The third-order valence-electron chi connectivity index (χ3n) is 8.61. The maximum absolute atomic E-state index is 14.7. The number of ether oxygens (including phenoxy) is 1. The van der Waals surface area contributed by atoms with Gasteiger partial charge in [-0.1, -0.05) is 152 Å². The van der Waals surface area contributed by atoms with E-state index in [-0.39, 0.29) is 25.2 Å². The smallest absolute Gasteiger partial charge is 0.255 e. The number of aliphatic hydroxyl groups is 1. The summed E-state index contributed by atoms with van der Waals surface area (Å²) in [5, 5.41) is 14.4. The van der Waals surface area contributed by atoms with Crippen molar-refractivity contribution in [2.45, 2.75) is 18.8 Å². The Bertz CT molecular complexity index is 2090. The van der Waals surface area contributed by atoms with E-state index in [0.29, 0.717) is 12.1 Å². The van der Waals surface area contributed by atoms with Crippen molar-refractivity contribution in [1.82, 2.24) is 9.88 Å². The fourth-order valence-electron chi connectivity index (χ4n) is 6.29. The van der Waals surface area contributed by atoms with Gasteiger partial charge in [-0.2, -0.15) is 0 Å². The number of para-hydroxylation sites is 1. The van der Waals surface area contributed by atoms with Gasteiger partial charge < -0.3 is 14.7 Å². The highest BCUT2D eigenvalue weighted by molar-refractivity contribution is 6.08. The van der Waals surface area contributed by atoms with Crippen LogP contribution in [-0.2, 0) is 11.3 Å². The Kier molecular flexibility index (Phi) is 9.32. The number of hydrogen-bond donors (Lipinski definition) is 1. The molecule has 0 aliphatic carbocycles. The van der Waals surface area contributed by atoms with Crippen LogP contribution >= 0.6 is 0 Å². The molecule has 0 unspecified atom stereocenters. The quantitative estimate of drug-likeness (QED) is 0.155. The molecule has 1 heterocycles. The first-order chi connectivity index (χ1) is 23.6. The average Bonchev–Trinajstić information content (AvgIpc) is 3.15. The van der Waals surface area contributed by atoms with Crippen LogP contribution in [0.1, 0.15) is 33.2 Å². The Balaban J connectivity index is 1.22. The molecule has 5 nitrogen and oxygen atoms in total. The van der Waals surface area contributed by atoms with Crippen molar-refractivity contribution in [1.29, 1.82) is 0 Å². The molecule has 7 aromatic rings. The minimum Gasteiger partial charge on any atom is -0.389 e. The largest absolute Gasteiger partial charge is 0.389 e. The molecule has 1 atom stereocenters. The maximum atomic E-state index is 14.7. The third-order valence-corrected chi connectivity index (χ3v) is 8.61. The monoisotopic (exact) mass is 628 g/mol. The van der Waals surface area contributed by atoms with Crippen LogP contribution in [0.25, 0.3) is 32.9 Å². The lowest BCUT2D eigenvalue weighted by Gasteiger charge is -2.27. The average molecular weight is 629 g/mol. The molecule has 236 valence electrons. The number of fused-ring (bicyclic) bond motifs is 2. The van der Waals surface area contributed by atoms with Gasteiger partial charge in [0.2, 0.25) is 0 Å². The van der Waals surface area contributed by atoms with E-state index in [1.807, 2.05) is 146 Å². The first-order valence-electron chi connectivity index (χ1n) is 16.2. The number of aromatic nitrogens is 1. The second-order valence-corrected chi connectivity index (χ2v) is 12.0. The van der Waals surface area contributed by atoms with E-state index < -0.39 is 6.10 Å². The zero-order chi connectivity index (χ0) is 32.7. The topological polar surface area (TPSA) is 62.7 Å². The summed E-state index contributed by atoms with van der Waals surface area (Å²) in [6.07, 6.45) is -1.29. The lowest BCUT2D eigenvalue weighted by atomic mass is 9.98. The molecule has 0 aliphatic heterocycles. The number of carbonyl (C=O) groups is 1. The molecular formula is C43H36N2O3. The molecule has 1 aromatic heterocycles. The van der Waals surface area contributed by atoms with Gasteiger partial charge in [0.05, 0.1) is 29.5 Å². The highest BCUT2D eigenvalue weighted by atomic mass is 16.5. The SMILES string of the molecule is O=C(c1cc(-c2cccc3ccccc23)nc2ccccc12)N(Cc1ccccc1)C[C@@H](O)COC(c1ccccc1)c1ccccc1. The van der Waals surface area contributed by atoms with Crippen LogP contribution in [0.15, 0.2) is 164 Å². The van der Waals surface area contributed by atoms with Gasteiger partial charge in [0.1, 0.15) is 6.10 Å². The third kappa shape index (κ3) is 6.88. The number of rotatable bonds is 11. The van der Waals surface area contributed by atoms with Crippen LogP contribution in [0.5, 0.6) is 0 Å². The van der Waals surface area contributed by atoms with Crippen LogP contribution in [0.3, 0.4) is 0 Å². The van der Waals surface area contributed by atoms with Crippen molar-refractivity contribution in [2.24, 2.45) is 0 Å². The van der Waals surface area contributed by atoms with E-state index in [0.717, 1.165) is 49.6 Å². The van der Waals surface area contributed by atoms with Gasteiger partial charge in [-0.15, -0.1) is 0 Å². The van der Waals surface area contributed by atoms with Gasteiger partial charge in [-0.05, 0) is 39.6 Å².